The molecule has 1 aliphatic carbocycles. The third-order valence-electron chi connectivity index (χ3n) is 5.19. The van der Waals surface area contributed by atoms with Crippen LogP contribution < -0.4 is 5.32 Å². The van der Waals surface area contributed by atoms with Crippen molar-refractivity contribution in [1.29, 1.82) is 0 Å². The van der Waals surface area contributed by atoms with Crippen LogP contribution >= 0.6 is 0 Å². The summed E-state index contributed by atoms with van der Waals surface area (Å²) in [5.74, 6) is -0.648. The zero-order valence-electron chi connectivity index (χ0n) is 14.4. The monoisotopic (exact) mass is 331 g/mol. The van der Waals surface area contributed by atoms with Gasteiger partial charge in [0.15, 0.2) is 5.79 Å². The molecule has 1 saturated heterocycles. The van der Waals surface area contributed by atoms with E-state index in [1.807, 2.05) is 32.0 Å². The number of hydrogen-bond donors (Lipinski definition) is 1. The Balaban J connectivity index is 1.64. The number of ether oxygens (including phenoxy) is 2. The fourth-order valence-corrected chi connectivity index (χ4v) is 3.62. The van der Waals surface area contributed by atoms with E-state index in [1.54, 1.807) is 0 Å². The lowest BCUT2D eigenvalue weighted by atomic mass is 9.79. The van der Waals surface area contributed by atoms with Crippen LogP contribution in [0.5, 0.6) is 0 Å². The number of carbonyl (C=O) groups is 2. The summed E-state index contributed by atoms with van der Waals surface area (Å²) < 4.78 is 11.4. The van der Waals surface area contributed by atoms with Gasteiger partial charge in [0, 0.05) is 12.8 Å². The van der Waals surface area contributed by atoms with Crippen molar-refractivity contribution < 1.29 is 19.1 Å². The number of carbonyl (C=O) groups excluding carboxylic acids is 2. The molecule has 0 radical (unpaired) electrons. The number of amides is 1. The maximum atomic E-state index is 12.5. The van der Waals surface area contributed by atoms with E-state index >= 15 is 0 Å². The van der Waals surface area contributed by atoms with Crippen LogP contribution in [0.3, 0.4) is 0 Å². The van der Waals surface area contributed by atoms with Gasteiger partial charge in [-0.1, -0.05) is 23.8 Å². The third-order valence-corrected chi connectivity index (χ3v) is 5.19. The number of nitrogens with one attached hydrogen (secondary N) is 1. The highest BCUT2D eigenvalue weighted by molar-refractivity contribution is 5.84. The van der Waals surface area contributed by atoms with Gasteiger partial charge < -0.3 is 19.6 Å². The average Bonchev–Trinajstić information content (AvgIpc) is 3.02. The molecule has 1 aromatic carbocycles. The van der Waals surface area contributed by atoms with E-state index in [-0.39, 0.29) is 5.91 Å². The summed E-state index contributed by atoms with van der Waals surface area (Å²) in [4.78, 5) is 24.2. The second-order valence-electron chi connectivity index (χ2n) is 7.04. The maximum Gasteiger partial charge on any atom is 0.225 e. The Morgan fingerprint density at radius 2 is 1.83 bits per heavy atom. The predicted octanol–water partition coefficient (Wildman–Crippen LogP) is 2.22. The SMILES string of the molecule is Cc1ccc(C)c(CC(=O)NC2(C=O)CCC3(CC2)OCCO3)c1. The zero-order chi connectivity index (χ0) is 17.2. The lowest BCUT2D eigenvalue weighted by Crippen LogP contribution is -2.55. The number of hydrogen-bond acceptors (Lipinski definition) is 4. The lowest BCUT2D eigenvalue weighted by molar-refractivity contribution is -0.186. The Morgan fingerprint density at radius 1 is 1.17 bits per heavy atom. The fourth-order valence-electron chi connectivity index (χ4n) is 3.62. The highest BCUT2D eigenvalue weighted by Gasteiger charge is 2.46. The largest absolute Gasteiger partial charge is 0.348 e. The summed E-state index contributed by atoms with van der Waals surface area (Å²) >= 11 is 0. The van der Waals surface area contributed by atoms with Crippen LogP contribution in [0.15, 0.2) is 18.2 Å². The van der Waals surface area contributed by atoms with Crippen molar-refractivity contribution in [2.24, 2.45) is 0 Å². The van der Waals surface area contributed by atoms with E-state index in [9.17, 15) is 9.59 Å². The molecule has 2 fully saturated rings. The summed E-state index contributed by atoms with van der Waals surface area (Å²) in [6.07, 6.45) is 3.55. The van der Waals surface area contributed by atoms with Crippen LogP contribution in [0.1, 0.15) is 42.4 Å². The van der Waals surface area contributed by atoms with E-state index in [0.29, 0.717) is 45.3 Å². The van der Waals surface area contributed by atoms with Gasteiger partial charge in [0.2, 0.25) is 5.91 Å². The Bertz CT molecular complexity index is 624. The van der Waals surface area contributed by atoms with Gasteiger partial charge >= 0.3 is 0 Å². The summed E-state index contributed by atoms with van der Waals surface area (Å²) in [6, 6.07) is 6.08. The van der Waals surface area contributed by atoms with E-state index in [1.165, 1.54) is 0 Å². The number of aldehydes is 1. The molecule has 1 aromatic rings. The molecular formula is C19H25NO4. The van der Waals surface area contributed by atoms with Crippen LogP contribution in [-0.2, 0) is 25.5 Å². The van der Waals surface area contributed by atoms with Crippen molar-refractivity contribution >= 4 is 12.2 Å². The Labute approximate surface area is 142 Å². The van der Waals surface area contributed by atoms with Crippen LogP contribution in [0.2, 0.25) is 0 Å². The van der Waals surface area contributed by atoms with E-state index in [4.69, 9.17) is 9.47 Å². The summed E-state index contributed by atoms with van der Waals surface area (Å²) in [6.45, 7) is 5.22. The minimum absolute atomic E-state index is 0.111. The van der Waals surface area contributed by atoms with Crippen molar-refractivity contribution in [2.45, 2.75) is 57.3 Å². The molecule has 5 heteroatoms. The molecule has 24 heavy (non-hydrogen) atoms. The molecule has 1 aliphatic heterocycles. The van der Waals surface area contributed by atoms with Gasteiger partial charge in [-0.25, -0.2) is 0 Å². The topological polar surface area (TPSA) is 64.6 Å². The average molecular weight is 331 g/mol. The van der Waals surface area contributed by atoms with E-state index in [2.05, 4.69) is 5.32 Å². The smallest absolute Gasteiger partial charge is 0.225 e. The first-order valence-corrected chi connectivity index (χ1v) is 8.57. The van der Waals surface area contributed by atoms with Gasteiger partial charge in [0.1, 0.15) is 6.29 Å². The minimum atomic E-state index is -0.796. The van der Waals surface area contributed by atoms with Crippen molar-refractivity contribution in [3.8, 4) is 0 Å². The second-order valence-corrected chi connectivity index (χ2v) is 7.04. The van der Waals surface area contributed by atoms with Crippen LogP contribution in [0.4, 0.5) is 0 Å². The van der Waals surface area contributed by atoms with Gasteiger partial charge in [-0.15, -0.1) is 0 Å². The van der Waals surface area contributed by atoms with Crippen LogP contribution in [0.25, 0.3) is 0 Å². The van der Waals surface area contributed by atoms with Crippen molar-refractivity contribution in [3.63, 3.8) is 0 Å². The normalized spacial score (nSPS) is 21.6. The maximum absolute atomic E-state index is 12.5. The molecule has 1 amide bonds. The first-order valence-electron chi connectivity index (χ1n) is 8.57. The molecular weight excluding hydrogens is 306 g/mol. The van der Waals surface area contributed by atoms with Gasteiger partial charge in [-0.3, -0.25) is 4.79 Å². The predicted molar refractivity (Wildman–Crippen MR) is 89.7 cm³/mol. The molecule has 3 rings (SSSR count). The molecule has 1 spiro atoms. The Kier molecular flexibility index (Phi) is 4.74. The van der Waals surface area contributed by atoms with Gasteiger partial charge in [0.05, 0.1) is 25.2 Å². The molecule has 0 aromatic heterocycles. The molecule has 1 N–H and O–H groups in total. The molecule has 5 nitrogen and oxygen atoms in total. The highest BCUT2D eigenvalue weighted by atomic mass is 16.7. The third kappa shape index (κ3) is 3.52. The molecule has 1 heterocycles. The summed E-state index contributed by atoms with van der Waals surface area (Å²) in [5, 5.41) is 2.97. The first-order chi connectivity index (χ1) is 11.5. The molecule has 0 atom stereocenters. The van der Waals surface area contributed by atoms with Crippen molar-refractivity contribution in [1.82, 2.24) is 5.32 Å². The lowest BCUT2D eigenvalue weighted by Gasteiger charge is -2.41. The molecule has 1 saturated carbocycles. The Morgan fingerprint density at radius 3 is 2.46 bits per heavy atom. The van der Waals surface area contributed by atoms with Crippen LogP contribution in [-0.4, -0.2) is 36.7 Å². The van der Waals surface area contributed by atoms with E-state index < -0.39 is 11.3 Å². The molecule has 0 bridgehead atoms. The van der Waals surface area contributed by atoms with Gasteiger partial charge in [-0.05, 0) is 37.8 Å². The van der Waals surface area contributed by atoms with Crippen molar-refractivity contribution in [2.75, 3.05) is 13.2 Å². The first kappa shape index (κ1) is 17.1. The second kappa shape index (κ2) is 6.65. The Hall–Kier alpha value is -1.72. The number of benzene rings is 1. The fraction of sp³-hybridized carbons (Fsp3) is 0.579. The van der Waals surface area contributed by atoms with Gasteiger partial charge in [-0.2, -0.15) is 0 Å². The number of aryl methyl sites for hydroxylation is 2. The van der Waals surface area contributed by atoms with Crippen molar-refractivity contribution in [3.05, 3.63) is 34.9 Å². The quantitative estimate of drug-likeness (QED) is 0.859. The summed E-state index contributed by atoms with van der Waals surface area (Å²) in [5.41, 5.74) is 2.42. The number of rotatable bonds is 4. The van der Waals surface area contributed by atoms with Crippen LogP contribution in [0, 0.1) is 13.8 Å². The summed E-state index contributed by atoms with van der Waals surface area (Å²) in [7, 11) is 0. The standard InChI is InChI=1S/C19H25NO4/c1-14-3-4-15(2)16(11-14)12-17(22)20-18(13-21)5-7-19(8-6-18)23-9-10-24-19/h3-4,11,13H,5-10,12H2,1-2H3,(H,20,22). The zero-order valence-corrected chi connectivity index (χ0v) is 14.4. The minimum Gasteiger partial charge on any atom is -0.348 e. The molecule has 2 aliphatic rings. The van der Waals surface area contributed by atoms with E-state index in [0.717, 1.165) is 23.0 Å². The molecule has 0 unspecified atom stereocenters. The van der Waals surface area contributed by atoms with Gasteiger partial charge in [0.25, 0.3) is 0 Å². The highest BCUT2D eigenvalue weighted by Crippen LogP contribution is 2.39. The molecule has 130 valence electrons.